The number of aliphatic hydroxyl groups excluding tert-OH is 1. The van der Waals surface area contributed by atoms with Crippen LogP contribution in [0.15, 0.2) is 23.2 Å². The smallest absolute Gasteiger partial charge is 0.244 e. The van der Waals surface area contributed by atoms with Gasteiger partial charge >= 0.3 is 0 Å². The fraction of sp³-hybridized carbons (Fsp3) is 0.333. The molecule has 2 aromatic heterocycles. The number of hydrogen-bond donors (Lipinski definition) is 3. The molecule has 0 aliphatic heterocycles. The van der Waals surface area contributed by atoms with Crippen LogP contribution in [0.1, 0.15) is 17.0 Å². The van der Waals surface area contributed by atoms with Crippen LogP contribution < -0.4 is 9.46 Å². The molecule has 2 aromatic rings. The van der Waals surface area contributed by atoms with Crippen LogP contribution in [0.3, 0.4) is 0 Å². The summed E-state index contributed by atoms with van der Waals surface area (Å²) in [5.74, 6) is 0.405. The van der Waals surface area contributed by atoms with Crippen molar-refractivity contribution in [3.8, 4) is 5.88 Å². The number of nitrogens with zero attached hydrogens (tertiary/aromatic N) is 2. The maximum absolute atomic E-state index is 12.3. The number of pyridine rings is 1. The summed E-state index contributed by atoms with van der Waals surface area (Å²) >= 11 is 0. The number of rotatable bonds is 6. The fourth-order valence-corrected chi connectivity index (χ4v) is 3.23. The zero-order chi connectivity index (χ0) is 15.5. The summed E-state index contributed by atoms with van der Waals surface area (Å²) in [5.41, 5.74) is 1.17. The molecule has 21 heavy (non-hydrogen) atoms. The van der Waals surface area contributed by atoms with Gasteiger partial charge in [-0.2, -0.15) is 5.10 Å². The molecule has 0 fully saturated rings. The average Bonchev–Trinajstić information content (AvgIpc) is 2.87. The van der Waals surface area contributed by atoms with E-state index < -0.39 is 16.6 Å². The predicted molar refractivity (Wildman–Crippen MR) is 74.1 cm³/mol. The molecule has 0 aromatic carbocycles. The topological polar surface area (TPSA) is 117 Å². The number of aromatic nitrogens is 3. The monoisotopic (exact) mass is 312 g/mol. The third kappa shape index (κ3) is 3.38. The molecule has 0 saturated carbocycles. The Kier molecular flexibility index (Phi) is 4.56. The molecule has 0 amide bonds. The van der Waals surface area contributed by atoms with Gasteiger partial charge in [0.2, 0.25) is 15.9 Å². The zero-order valence-electron chi connectivity index (χ0n) is 11.6. The van der Waals surface area contributed by atoms with Crippen molar-refractivity contribution in [1.29, 1.82) is 0 Å². The minimum atomic E-state index is -3.77. The van der Waals surface area contributed by atoms with Gasteiger partial charge in [-0.15, -0.1) is 0 Å². The Balaban J connectivity index is 2.19. The molecule has 0 saturated heterocycles. The van der Waals surface area contributed by atoms with Gasteiger partial charge in [-0.3, -0.25) is 5.10 Å². The lowest BCUT2D eigenvalue weighted by Crippen LogP contribution is -2.24. The van der Waals surface area contributed by atoms with Crippen LogP contribution in [-0.2, 0) is 23.2 Å². The number of nitrogens with one attached hydrogen (secondary N) is 2. The maximum Gasteiger partial charge on any atom is 0.244 e. The molecule has 2 rings (SSSR count). The van der Waals surface area contributed by atoms with Gasteiger partial charge in [0.25, 0.3) is 0 Å². The van der Waals surface area contributed by atoms with Crippen molar-refractivity contribution < 1.29 is 18.3 Å². The predicted octanol–water partition coefficient (Wildman–Crippen LogP) is 0.0925. The molecule has 9 heteroatoms. The second-order valence-corrected chi connectivity index (χ2v) is 6.02. The van der Waals surface area contributed by atoms with E-state index in [1.807, 2.05) is 0 Å². The highest BCUT2D eigenvalue weighted by Gasteiger charge is 2.23. The highest BCUT2D eigenvalue weighted by Crippen LogP contribution is 2.18. The Bertz CT molecular complexity index is 727. The van der Waals surface area contributed by atoms with Gasteiger partial charge in [0, 0.05) is 18.8 Å². The van der Waals surface area contributed by atoms with E-state index in [2.05, 4.69) is 19.9 Å². The van der Waals surface area contributed by atoms with Crippen LogP contribution in [0.25, 0.3) is 0 Å². The largest absolute Gasteiger partial charge is 0.481 e. The number of hydrogen-bond acceptors (Lipinski definition) is 6. The van der Waals surface area contributed by atoms with E-state index in [4.69, 9.17) is 9.84 Å². The number of aromatic amines is 1. The summed E-state index contributed by atoms with van der Waals surface area (Å²) in [6.07, 6.45) is 1.53. The van der Waals surface area contributed by atoms with Crippen molar-refractivity contribution in [3.63, 3.8) is 0 Å². The van der Waals surface area contributed by atoms with Crippen molar-refractivity contribution in [1.82, 2.24) is 19.9 Å². The summed E-state index contributed by atoms with van der Waals surface area (Å²) < 4.78 is 32.0. The second-order valence-electron chi connectivity index (χ2n) is 4.31. The second kappa shape index (κ2) is 6.20. The zero-order valence-corrected chi connectivity index (χ0v) is 12.4. The number of methoxy groups -OCH3 is 1. The van der Waals surface area contributed by atoms with Gasteiger partial charge in [-0.25, -0.2) is 18.1 Å². The Hall–Kier alpha value is -1.97. The van der Waals surface area contributed by atoms with E-state index in [9.17, 15) is 8.42 Å². The molecule has 114 valence electrons. The molecule has 0 spiro atoms. The van der Waals surface area contributed by atoms with E-state index in [1.165, 1.54) is 13.3 Å². The summed E-state index contributed by atoms with van der Waals surface area (Å²) in [6, 6.07) is 3.32. The highest BCUT2D eigenvalue weighted by molar-refractivity contribution is 7.89. The lowest BCUT2D eigenvalue weighted by molar-refractivity contribution is 0.273. The molecule has 8 nitrogen and oxygen atoms in total. The van der Waals surface area contributed by atoms with Crippen LogP contribution in [0, 0.1) is 6.92 Å². The molecular weight excluding hydrogens is 296 g/mol. The van der Waals surface area contributed by atoms with E-state index in [0.717, 1.165) is 0 Å². The van der Waals surface area contributed by atoms with Crippen molar-refractivity contribution in [2.24, 2.45) is 0 Å². The van der Waals surface area contributed by atoms with Crippen LogP contribution in [0.5, 0.6) is 5.88 Å². The molecule has 3 N–H and O–H groups in total. The Labute approximate surface area is 122 Å². The van der Waals surface area contributed by atoms with E-state index in [-0.39, 0.29) is 17.1 Å². The molecule has 0 radical (unpaired) electrons. The van der Waals surface area contributed by atoms with Gasteiger partial charge in [0.15, 0.2) is 0 Å². The lowest BCUT2D eigenvalue weighted by atomic mass is 10.3. The first-order valence-corrected chi connectivity index (χ1v) is 7.59. The first kappa shape index (κ1) is 15.4. The average molecular weight is 312 g/mol. The number of H-pyrrole nitrogens is 1. The lowest BCUT2D eigenvalue weighted by Gasteiger charge is -2.08. The number of ether oxygens (including phenoxy) is 1. The SMILES string of the molecule is COc1cc(CNS(=O)(=O)c2c(CO)n[nH]c2C)ccn1. The normalized spacial score (nSPS) is 11.6. The number of sulfonamides is 1. The van der Waals surface area contributed by atoms with Crippen LogP contribution in [0.4, 0.5) is 0 Å². The molecule has 0 aliphatic carbocycles. The van der Waals surface area contributed by atoms with Gasteiger partial charge in [0.05, 0.1) is 19.4 Å². The molecule has 0 bridgehead atoms. The summed E-state index contributed by atoms with van der Waals surface area (Å²) in [7, 11) is -2.29. The standard InChI is InChI=1S/C12H16N4O4S/c1-8-12(10(7-17)16-15-8)21(18,19)14-6-9-3-4-13-11(5-9)20-2/h3-5,14,17H,6-7H2,1-2H3,(H,15,16). The van der Waals surface area contributed by atoms with E-state index in [1.54, 1.807) is 19.1 Å². The van der Waals surface area contributed by atoms with Gasteiger partial charge in [-0.1, -0.05) is 0 Å². The van der Waals surface area contributed by atoms with Crippen molar-refractivity contribution in [3.05, 3.63) is 35.3 Å². The molecule has 2 heterocycles. The van der Waals surface area contributed by atoms with Crippen molar-refractivity contribution >= 4 is 10.0 Å². The summed E-state index contributed by atoms with van der Waals surface area (Å²) in [4.78, 5) is 3.92. The first-order chi connectivity index (χ1) is 9.97. The minimum Gasteiger partial charge on any atom is -0.481 e. The third-order valence-electron chi connectivity index (χ3n) is 2.85. The number of aliphatic hydroxyl groups is 1. The summed E-state index contributed by atoms with van der Waals surface area (Å²) in [6.45, 7) is 1.20. The van der Waals surface area contributed by atoms with Gasteiger partial charge < -0.3 is 9.84 Å². The van der Waals surface area contributed by atoms with Crippen LogP contribution in [-0.4, -0.2) is 35.8 Å². The molecule has 0 aliphatic rings. The first-order valence-electron chi connectivity index (χ1n) is 6.11. The summed E-state index contributed by atoms with van der Waals surface area (Å²) in [5, 5.41) is 15.5. The Morgan fingerprint density at radius 3 is 2.90 bits per heavy atom. The molecule has 0 unspecified atom stereocenters. The molecule has 0 atom stereocenters. The maximum atomic E-state index is 12.3. The van der Waals surface area contributed by atoms with Crippen LogP contribution >= 0.6 is 0 Å². The van der Waals surface area contributed by atoms with E-state index in [0.29, 0.717) is 17.1 Å². The fourth-order valence-electron chi connectivity index (χ4n) is 1.86. The van der Waals surface area contributed by atoms with E-state index >= 15 is 0 Å². The van der Waals surface area contributed by atoms with Crippen LogP contribution in [0.2, 0.25) is 0 Å². The number of aryl methyl sites for hydroxylation is 1. The highest BCUT2D eigenvalue weighted by atomic mass is 32.2. The van der Waals surface area contributed by atoms with Gasteiger partial charge in [0.1, 0.15) is 10.6 Å². The van der Waals surface area contributed by atoms with Gasteiger partial charge in [-0.05, 0) is 18.6 Å². The van der Waals surface area contributed by atoms with Crippen molar-refractivity contribution in [2.45, 2.75) is 25.0 Å². The quantitative estimate of drug-likeness (QED) is 0.696. The third-order valence-corrected chi connectivity index (χ3v) is 4.46. The van der Waals surface area contributed by atoms with Crippen molar-refractivity contribution in [2.75, 3.05) is 7.11 Å². The Morgan fingerprint density at radius 2 is 2.24 bits per heavy atom. The Morgan fingerprint density at radius 1 is 1.48 bits per heavy atom. The molecular formula is C12H16N4O4S. The minimum absolute atomic E-state index is 0.0222.